The topological polar surface area (TPSA) is 29.9 Å². The number of aryl methyl sites for hydroxylation is 3. The molecule has 1 heterocycles. The summed E-state index contributed by atoms with van der Waals surface area (Å²) in [6.45, 7) is 8.01. The standard InChI is InChI=1S/C14H19N3/c1-4-17-12(3)9-14(16-17)15-10-13-7-5-11(2)6-8-13/h5-9H,4,10H2,1-3H3,(H,15,16). The van der Waals surface area contributed by atoms with E-state index in [0.717, 1.165) is 18.9 Å². The Labute approximate surface area is 102 Å². The zero-order valence-electron chi connectivity index (χ0n) is 10.7. The van der Waals surface area contributed by atoms with Crippen LogP contribution in [0.4, 0.5) is 5.82 Å². The predicted octanol–water partition coefficient (Wildman–Crippen LogP) is 3.13. The van der Waals surface area contributed by atoms with E-state index in [2.05, 4.69) is 61.5 Å². The van der Waals surface area contributed by atoms with Gasteiger partial charge in [0.1, 0.15) is 5.82 Å². The molecule has 0 spiro atoms. The Morgan fingerprint density at radius 3 is 2.47 bits per heavy atom. The summed E-state index contributed by atoms with van der Waals surface area (Å²) in [6.07, 6.45) is 0. The molecule has 17 heavy (non-hydrogen) atoms. The molecular weight excluding hydrogens is 210 g/mol. The number of hydrogen-bond acceptors (Lipinski definition) is 2. The maximum Gasteiger partial charge on any atom is 0.148 e. The molecule has 0 bridgehead atoms. The minimum Gasteiger partial charge on any atom is -0.365 e. The van der Waals surface area contributed by atoms with Crippen LogP contribution in [0.1, 0.15) is 23.7 Å². The third-order valence-corrected chi connectivity index (χ3v) is 2.87. The molecule has 3 nitrogen and oxygen atoms in total. The Kier molecular flexibility index (Phi) is 3.47. The van der Waals surface area contributed by atoms with Crippen molar-refractivity contribution in [1.29, 1.82) is 0 Å². The molecule has 2 aromatic rings. The minimum atomic E-state index is 0.820. The summed E-state index contributed by atoms with van der Waals surface area (Å²) in [4.78, 5) is 0. The molecule has 1 aromatic heterocycles. The second-order valence-corrected chi connectivity index (χ2v) is 4.33. The van der Waals surface area contributed by atoms with E-state index in [0.29, 0.717) is 0 Å². The van der Waals surface area contributed by atoms with Gasteiger partial charge >= 0.3 is 0 Å². The van der Waals surface area contributed by atoms with E-state index in [4.69, 9.17) is 0 Å². The SMILES string of the molecule is CCn1nc(NCc2ccc(C)cc2)cc1C. The highest BCUT2D eigenvalue weighted by atomic mass is 15.3. The molecule has 2 rings (SSSR count). The van der Waals surface area contributed by atoms with Gasteiger partial charge in [0.05, 0.1) is 0 Å². The number of rotatable bonds is 4. The minimum absolute atomic E-state index is 0.820. The number of aromatic nitrogens is 2. The van der Waals surface area contributed by atoms with Crippen LogP contribution in [0, 0.1) is 13.8 Å². The number of nitrogens with one attached hydrogen (secondary N) is 1. The first-order valence-corrected chi connectivity index (χ1v) is 6.03. The first kappa shape index (κ1) is 11.7. The maximum absolute atomic E-state index is 4.47. The number of nitrogens with zero attached hydrogens (tertiary/aromatic N) is 2. The molecule has 0 aliphatic carbocycles. The Morgan fingerprint density at radius 2 is 1.88 bits per heavy atom. The lowest BCUT2D eigenvalue weighted by Crippen LogP contribution is -2.02. The highest BCUT2D eigenvalue weighted by Crippen LogP contribution is 2.10. The van der Waals surface area contributed by atoms with Gasteiger partial charge in [-0.25, -0.2) is 0 Å². The van der Waals surface area contributed by atoms with E-state index in [1.807, 2.05) is 4.68 Å². The van der Waals surface area contributed by atoms with Crippen molar-refractivity contribution in [1.82, 2.24) is 9.78 Å². The van der Waals surface area contributed by atoms with Gasteiger partial charge in [-0.2, -0.15) is 5.10 Å². The first-order chi connectivity index (χ1) is 8.19. The summed E-state index contributed by atoms with van der Waals surface area (Å²) in [5.74, 6) is 0.949. The summed E-state index contributed by atoms with van der Waals surface area (Å²) >= 11 is 0. The molecule has 0 saturated carbocycles. The third-order valence-electron chi connectivity index (χ3n) is 2.87. The van der Waals surface area contributed by atoms with Gasteiger partial charge in [0.2, 0.25) is 0 Å². The average Bonchev–Trinajstić information content (AvgIpc) is 2.69. The van der Waals surface area contributed by atoms with E-state index in [1.165, 1.54) is 16.8 Å². The fourth-order valence-corrected chi connectivity index (χ4v) is 1.82. The van der Waals surface area contributed by atoms with Crippen molar-refractivity contribution in [3.8, 4) is 0 Å². The van der Waals surface area contributed by atoms with Gasteiger partial charge in [0.15, 0.2) is 0 Å². The van der Waals surface area contributed by atoms with Crippen molar-refractivity contribution in [3.63, 3.8) is 0 Å². The van der Waals surface area contributed by atoms with Crippen molar-refractivity contribution in [2.75, 3.05) is 5.32 Å². The molecule has 0 fully saturated rings. The van der Waals surface area contributed by atoms with E-state index >= 15 is 0 Å². The molecular formula is C14H19N3. The summed E-state index contributed by atoms with van der Waals surface area (Å²) in [6, 6.07) is 10.6. The van der Waals surface area contributed by atoms with E-state index in [9.17, 15) is 0 Å². The van der Waals surface area contributed by atoms with Crippen molar-refractivity contribution in [2.24, 2.45) is 0 Å². The van der Waals surface area contributed by atoms with Gasteiger partial charge in [0, 0.05) is 24.8 Å². The fourth-order valence-electron chi connectivity index (χ4n) is 1.82. The van der Waals surface area contributed by atoms with E-state index in [1.54, 1.807) is 0 Å². The van der Waals surface area contributed by atoms with Gasteiger partial charge in [-0.15, -0.1) is 0 Å². The van der Waals surface area contributed by atoms with Crippen molar-refractivity contribution < 1.29 is 0 Å². The Balaban J connectivity index is 1.99. The van der Waals surface area contributed by atoms with Crippen LogP contribution in [0.25, 0.3) is 0 Å². The number of benzene rings is 1. The molecule has 0 radical (unpaired) electrons. The second kappa shape index (κ2) is 5.04. The van der Waals surface area contributed by atoms with Gasteiger partial charge in [-0.05, 0) is 26.3 Å². The lowest BCUT2D eigenvalue weighted by molar-refractivity contribution is 0.641. The van der Waals surface area contributed by atoms with Crippen LogP contribution in [0.2, 0.25) is 0 Å². The number of anilines is 1. The molecule has 90 valence electrons. The van der Waals surface area contributed by atoms with Crippen LogP contribution in [0.15, 0.2) is 30.3 Å². The van der Waals surface area contributed by atoms with Gasteiger partial charge in [-0.3, -0.25) is 4.68 Å². The quantitative estimate of drug-likeness (QED) is 0.873. The highest BCUT2D eigenvalue weighted by Gasteiger charge is 2.01. The van der Waals surface area contributed by atoms with Gasteiger partial charge in [-0.1, -0.05) is 29.8 Å². The predicted molar refractivity (Wildman–Crippen MR) is 71.1 cm³/mol. The molecule has 0 unspecified atom stereocenters. The zero-order valence-corrected chi connectivity index (χ0v) is 10.7. The molecule has 0 saturated heterocycles. The molecule has 0 atom stereocenters. The van der Waals surface area contributed by atoms with Gasteiger partial charge in [0.25, 0.3) is 0 Å². The zero-order chi connectivity index (χ0) is 12.3. The molecule has 1 N–H and O–H groups in total. The smallest absolute Gasteiger partial charge is 0.148 e. The summed E-state index contributed by atoms with van der Waals surface area (Å²) in [5, 5.41) is 7.81. The Morgan fingerprint density at radius 1 is 1.18 bits per heavy atom. The largest absolute Gasteiger partial charge is 0.365 e. The van der Waals surface area contributed by atoms with E-state index in [-0.39, 0.29) is 0 Å². The Bertz CT molecular complexity index is 483. The first-order valence-electron chi connectivity index (χ1n) is 6.03. The number of hydrogen-bond donors (Lipinski definition) is 1. The maximum atomic E-state index is 4.47. The van der Waals surface area contributed by atoms with Crippen LogP contribution < -0.4 is 5.32 Å². The lowest BCUT2D eigenvalue weighted by Gasteiger charge is -2.03. The highest BCUT2D eigenvalue weighted by molar-refractivity contribution is 5.37. The summed E-state index contributed by atoms with van der Waals surface area (Å²) < 4.78 is 2.00. The van der Waals surface area contributed by atoms with Crippen LogP contribution >= 0.6 is 0 Å². The van der Waals surface area contributed by atoms with Crippen molar-refractivity contribution in [3.05, 3.63) is 47.2 Å². The Hall–Kier alpha value is -1.77. The van der Waals surface area contributed by atoms with Gasteiger partial charge < -0.3 is 5.32 Å². The van der Waals surface area contributed by atoms with Crippen molar-refractivity contribution >= 4 is 5.82 Å². The monoisotopic (exact) mass is 229 g/mol. The average molecular weight is 229 g/mol. The molecule has 0 aliphatic rings. The van der Waals surface area contributed by atoms with Crippen molar-refractivity contribution in [2.45, 2.75) is 33.9 Å². The fraction of sp³-hybridized carbons (Fsp3) is 0.357. The van der Waals surface area contributed by atoms with Crippen LogP contribution in [0.5, 0.6) is 0 Å². The summed E-state index contributed by atoms with van der Waals surface area (Å²) in [7, 11) is 0. The van der Waals surface area contributed by atoms with Crippen LogP contribution in [-0.2, 0) is 13.1 Å². The molecule has 1 aromatic carbocycles. The molecule has 0 amide bonds. The van der Waals surface area contributed by atoms with Crippen LogP contribution in [0.3, 0.4) is 0 Å². The second-order valence-electron chi connectivity index (χ2n) is 4.33. The molecule has 0 aliphatic heterocycles. The molecule has 3 heteroatoms. The lowest BCUT2D eigenvalue weighted by atomic mass is 10.1. The van der Waals surface area contributed by atoms with E-state index < -0.39 is 0 Å². The summed E-state index contributed by atoms with van der Waals surface area (Å²) in [5.41, 5.74) is 3.76. The van der Waals surface area contributed by atoms with Crippen LogP contribution in [-0.4, -0.2) is 9.78 Å². The third kappa shape index (κ3) is 2.87. The normalized spacial score (nSPS) is 10.5.